The van der Waals surface area contributed by atoms with Crippen LogP contribution < -0.4 is 0 Å². The van der Waals surface area contributed by atoms with Crippen molar-refractivity contribution in [2.24, 2.45) is 0 Å². The molecule has 3 nitrogen and oxygen atoms in total. The number of H-pyrrole nitrogens is 1. The quantitative estimate of drug-likeness (QED) is 0.798. The zero-order valence-corrected chi connectivity index (χ0v) is 9.38. The number of nitrogens with one attached hydrogen (secondary N) is 1. The van der Waals surface area contributed by atoms with Crippen molar-refractivity contribution in [1.29, 1.82) is 0 Å². The van der Waals surface area contributed by atoms with Crippen molar-refractivity contribution < 1.29 is 9.90 Å². The van der Waals surface area contributed by atoms with E-state index in [1.54, 1.807) is 0 Å². The van der Waals surface area contributed by atoms with Crippen molar-refractivity contribution in [3.05, 3.63) is 36.0 Å². The lowest BCUT2D eigenvalue weighted by Crippen LogP contribution is -2.10. The van der Waals surface area contributed by atoms with Crippen LogP contribution in [-0.4, -0.2) is 20.9 Å². The minimum atomic E-state index is -0.994. The summed E-state index contributed by atoms with van der Waals surface area (Å²) in [5.41, 5.74) is 2.09. The van der Waals surface area contributed by atoms with Crippen LogP contribution in [-0.2, 0) is 11.2 Å². The number of aromatic amines is 1. The van der Waals surface area contributed by atoms with Gasteiger partial charge in [-0.05, 0) is 30.4 Å². The maximum Gasteiger partial charge on any atom is 0.342 e. The smallest absolute Gasteiger partial charge is 0.342 e. The number of fused-ring (bicyclic) bond motifs is 1. The number of para-hydroxylation sites is 1. The Morgan fingerprint density at radius 1 is 1.38 bits per heavy atom. The fraction of sp³-hybridized carbons (Fsp3) is 0.167. The molecule has 1 aromatic heterocycles. The average molecular weight is 233 g/mol. The molecule has 16 heavy (non-hydrogen) atoms. The molecule has 0 saturated carbocycles. The third-order valence-electron chi connectivity index (χ3n) is 2.45. The maximum absolute atomic E-state index is 10.5. The van der Waals surface area contributed by atoms with Crippen molar-refractivity contribution in [3.8, 4) is 0 Å². The standard InChI is InChI=1S/C12H11NO2S/c14-12(15)11(16)6-5-9-7-8-3-1-2-4-10(8)13-9/h1-4,7,13H,5-6H2,(H,14,15). The molecule has 0 aliphatic carbocycles. The van der Waals surface area contributed by atoms with Gasteiger partial charge in [0.05, 0.1) is 0 Å². The van der Waals surface area contributed by atoms with Crippen LogP contribution in [0, 0.1) is 0 Å². The molecule has 2 rings (SSSR count). The van der Waals surface area contributed by atoms with Crippen LogP contribution in [0.5, 0.6) is 0 Å². The SMILES string of the molecule is O=C(O)C(=S)CCc1cc2ccccc2[nH]1. The lowest BCUT2D eigenvalue weighted by atomic mass is 10.2. The van der Waals surface area contributed by atoms with Crippen molar-refractivity contribution in [1.82, 2.24) is 4.98 Å². The maximum atomic E-state index is 10.5. The van der Waals surface area contributed by atoms with Gasteiger partial charge in [0.2, 0.25) is 0 Å². The molecule has 0 bridgehead atoms. The zero-order valence-electron chi connectivity index (χ0n) is 8.56. The van der Waals surface area contributed by atoms with E-state index in [1.807, 2.05) is 30.3 Å². The second-order valence-corrected chi connectivity index (χ2v) is 4.10. The van der Waals surface area contributed by atoms with Crippen molar-refractivity contribution in [2.45, 2.75) is 12.8 Å². The Hall–Kier alpha value is -1.68. The fourth-order valence-electron chi connectivity index (χ4n) is 1.62. The van der Waals surface area contributed by atoms with E-state index in [1.165, 1.54) is 0 Å². The van der Waals surface area contributed by atoms with E-state index in [-0.39, 0.29) is 4.86 Å². The van der Waals surface area contributed by atoms with E-state index >= 15 is 0 Å². The van der Waals surface area contributed by atoms with E-state index in [4.69, 9.17) is 17.3 Å². The van der Waals surface area contributed by atoms with Crippen molar-refractivity contribution >= 4 is 34.0 Å². The molecule has 2 N–H and O–H groups in total. The first-order valence-electron chi connectivity index (χ1n) is 4.99. The monoisotopic (exact) mass is 233 g/mol. The van der Waals surface area contributed by atoms with Gasteiger partial charge in [0, 0.05) is 11.2 Å². The first-order valence-corrected chi connectivity index (χ1v) is 5.40. The van der Waals surface area contributed by atoms with Crippen LogP contribution in [0.1, 0.15) is 12.1 Å². The Morgan fingerprint density at radius 2 is 2.12 bits per heavy atom. The number of aromatic nitrogens is 1. The first kappa shape index (κ1) is 10.8. The molecule has 0 aliphatic rings. The summed E-state index contributed by atoms with van der Waals surface area (Å²) in [5.74, 6) is -0.994. The summed E-state index contributed by atoms with van der Waals surface area (Å²) in [7, 11) is 0. The van der Waals surface area contributed by atoms with E-state index < -0.39 is 5.97 Å². The summed E-state index contributed by atoms with van der Waals surface area (Å²) < 4.78 is 0. The van der Waals surface area contributed by atoms with Gasteiger partial charge in [0.25, 0.3) is 0 Å². The molecule has 1 aromatic carbocycles. The number of aryl methyl sites for hydroxylation is 1. The highest BCUT2D eigenvalue weighted by molar-refractivity contribution is 7.82. The molecule has 0 saturated heterocycles. The number of carboxylic acid groups (broad SMARTS) is 1. The first-order chi connectivity index (χ1) is 7.66. The van der Waals surface area contributed by atoms with Crippen LogP contribution >= 0.6 is 12.2 Å². The number of rotatable bonds is 4. The summed E-state index contributed by atoms with van der Waals surface area (Å²) in [6.07, 6.45) is 1.04. The number of hydrogen-bond acceptors (Lipinski definition) is 2. The van der Waals surface area contributed by atoms with Gasteiger partial charge in [-0.3, -0.25) is 0 Å². The molecule has 0 unspecified atom stereocenters. The van der Waals surface area contributed by atoms with Crippen LogP contribution in [0.2, 0.25) is 0 Å². The molecule has 0 amide bonds. The molecule has 82 valence electrons. The molecular formula is C12H11NO2S. The molecule has 4 heteroatoms. The van der Waals surface area contributed by atoms with Crippen LogP contribution in [0.4, 0.5) is 0 Å². The number of thiocarbonyl (C=S) groups is 1. The van der Waals surface area contributed by atoms with Crippen LogP contribution in [0.15, 0.2) is 30.3 Å². The van der Waals surface area contributed by atoms with Crippen LogP contribution in [0.25, 0.3) is 10.9 Å². The third kappa shape index (κ3) is 2.28. The molecule has 2 aromatic rings. The van der Waals surface area contributed by atoms with Gasteiger partial charge in [0.1, 0.15) is 4.86 Å². The molecule has 1 heterocycles. The van der Waals surface area contributed by atoms with Crippen molar-refractivity contribution in [3.63, 3.8) is 0 Å². The van der Waals surface area contributed by atoms with Gasteiger partial charge >= 0.3 is 5.97 Å². The Bertz CT molecular complexity index is 512. The predicted molar refractivity (Wildman–Crippen MR) is 66.9 cm³/mol. The number of carbonyl (C=O) groups is 1. The minimum absolute atomic E-state index is 0.0821. The van der Waals surface area contributed by atoms with E-state index in [0.717, 1.165) is 16.6 Å². The molecule has 0 fully saturated rings. The molecule has 0 spiro atoms. The second kappa shape index (κ2) is 4.45. The predicted octanol–water partition coefficient (Wildman–Crippen LogP) is 2.56. The van der Waals surface area contributed by atoms with E-state index in [0.29, 0.717) is 12.8 Å². The molecule has 0 atom stereocenters. The third-order valence-corrected chi connectivity index (χ3v) is 2.82. The van der Waals surface area contributed by atoms with E-state index in [9.17, 15) is 4.79 Å². The van der Waals surface area contributed by atoms with Gasteiger partial charge in [-0.25, -0.2) is 4.79 Å². The van der Waals surface area contributed by atoms with Gasteiger partial charge in [-0.15, -0.1) is 0 Å². The average Bonchev–Trinajstić information content (AvgIpc) is 2.68. The number of hydrogen-bond donors (Lipinski definition) is 2. The van der Waals surface area contributed by atoms with Gasteiger partial charge in [0.15, 0.2) is 0 Å². The summed E-state index contributed by atoms with van der Waals surface area (Å²) >= 11 is 4.74. The lowest BCUT2D eigenvalue weighted by Gasteiger charge is -1.96. The Morgan fingerprint density at radius 3 is 2.81 bits per heavy atom. The highest BCUT2D eigenvalue weighted by Gasteiger charge is 2.07. The Balaban J connectivity index is 2.10. The topological polar surface area (TPSA) is 53.1 Å². The fourth-order valence-corrected chi connectivity index (χ4v) is 1.73. The minimum Gasteiger partial charge on any atom is -0.477 e. The van der Waals surface area contributed by atoms with Gasteiger partial charge in [-0.2, -0.15) is 0 Å². The number of benzene rings is 1. The Labute approximate surface area is 98.1 Å². The number of carboxylic acids is 1. The van der Waals surface area contributed by atoms with Crippen LogP contribution in [0.3, 0.4) is 0 Å². The second-order valence-electron chi connectivity index (χ2n) is 3.61. The molecule has 0 aliphatic heterocycles. The number of aliphatic carboxylic acids is 1. The normalized spacial score (nSPS) is 10.5. The van der Waals surface area contributed by atoms with Crippen molar-refractivity contribution in [2.75, 3.05) is 0 Å². The highest BCUT2D eigenvalue weighted by atomic mass is 32.1. The zero-order chi connectivity index (χ0) is 11.5. The van der Waals surface area contributed by atoms with Gasteiger partial charge < -0.3 is 10.1 Å². The summed E-state index contributed by atoms with van der Waals surface area (Å²) in [4.78, 5) is 13.9. The highest BCUT2D eigenvalue weighted by Crippen LogP contribution is 2.15. The Kier molecular flexibility index (Phi) is 3.01. The summed E-state index contributed by atoms with van der Waals surface area (Å²) in [5, 5.41) is 9.79. The summed E-state index contributed by atoms with van der Waals surface area (Å²) in [6, 6.07) is 9.98. The lowest BCUT2D eigenvalue weighted by molar-refractivity contribution is -0.129. The van der Waals surface area contributed by atoms with E-state index in [2.05, 4.69) is 4.98 Å². The molecular weight excluding hydrogens is 222 g/mol. The van der Waals surface area contributed by atoms with Gasteiger partial charge in [-0.1, -0.05) is 30.4 Å². The largest absolute Gasteiger partial charge is 0.477 e. The summed E-state index contributed by atoms with van der Waals surface area (Å²) in [6.45, 7) is 0. The molecule has 0 radical (unpaired) electrons.